The van der Waals surface area contributed by atoms with Gasteiger partial charge in [0, 0.05) is 19.5 Å². The quantitative estimate of drug-likeness (QED) is 0.670. The molecular formula is C20H28FN5O5. The highest BCUT2D eigenvalue weighted by Crippen LogP contribution is 2.49. The molecule has 4 heterocycles. The van der Waals surface area contributed by atoms with Gasteiger partial charge in [-0.15, -0.1) is 0 Å². The molecule has 0 saturated carbocycles. The summed E-state index contributed by atoms with van der Waals surface area (Å²) < 4.78 is 33.8. The summed E-state index contributed by atoms with van der Waals surface area (Å²) in [6.45, 7) is 6.72. The van der Waals surface area contributed by atoms with Crippen LogP contribution in [0.3, 0.4) is 0 Å². The van der Waals surface area contributed by atoms with Crippen LogP contribution in [0.1, 0.15) is 39.8 Å². The van der Waals surface area contributed by atoms with Crippen molar-refractivity contribution < 1.29 is 28.5 Å². The Kier molecular flexibility index (Phi) is 5.84. The van der Waals surface area contributed by atoms with Crippen LogP contribution in [0.4, 0.5) is 10.2 Å². The standard InChI is InChI=1S/C20H28FN5O5/c1-4-5-14(27)30-10-13-20(3,28)19(2,21)18(31-13)26-12-24-15-16(22-11-23-17(15)26)25-6-8-29-9-7-25/h11-13,18,28H,4-10H2,1-3H3/t13-,18?,19+,20?/m1/s1. The topological polar surface area (TPSA) is 112 Å². The molecule has 0 radical (unpaired) electrons. The number of halogens is 1. The van der Waals surface area contributed by atoms with Gasteiger partial charge in [0.2, 0.25) is 0 Å². The number of anilines is 1. The third-order valence-corrected chi connectivity index (χ3v) is 6.13. The van der Waals surface area contributed by atoms with Gasteiger partial charge in [0.1, 0.15) is 24.6 Å². The Morgan fingerprint density at radius 1 is 1.32 bits per heavy atom. The number of carbonyl (C=O) groups is 1. The van der Waals surface area contributed by atoms with E-state index in [9.17, 15) is 9.90 Å². The van der Waals surface area contributed by atoms with E-state index in [4.69, 9.17) is 14.2 Å². The summed E-state index contributed by atoms with van der Waals surface area (Å²) in [6.07, 6.45) is 1.46. The highest BCUT2D eigenvalue weighted by molar-refractivity contribution is 5.83. The van der Waals surface area contributed by atoms with Crippen molar-refractivity contribution in [3.05, 3.63) is 12.7 Å². The first kappa shape index (κ1) is 21.8. The second kappa shape index (κ2) is 8.29. The number of fused-ring (bicyclic) bond motifs is 1. The molecule has 0 amide bonds. The van der Waals surface area contributed by atoms with Crippen molar-refractivity contribution in [3.63, 3.8) is 0 Å². The maximum atomic E-state index is 15.9. The average molecular weight is 437 g/mol. The van der Waals surface area contributed by atoms with E-state index in [1.807, 2.05) is 11.8 Å². The van der Waals surface area contributed by atoms with Crippen molar-refractivity contribution >= 4 is 23.0 Å². The fraction of sp³-hybridized carbons (Fsp3) is 0.700. The number of carbonyl (C=O) groups excluding carboxylic acids is 1. The molecule has 2 aromatic heterocycles. The zero-order valence-corrected chi connectivity index (χ0v) is 18.0. The molecule has 170 valence electrons. The Balaban J connectivity index is 1.63. The van der Waals surface area contributed by atoms with E-state index >= 15 is 4.39 Å². The maximum absolute atomic E-state index is 15.9. The van der Waals surface area contributed by atoms with Crippen LogP contribution in [0, 0.1) is 0 Å². The lowest BCUT2D eigenvalue weighted by atomic mass is 9.84. The molecule has 11 heteroatoms. The summed E-state index contributed by atoms with van der Waals surface area (Å²) in [4.78, 5) is 26.9. The molecule has 2 aliphatic heterocycles. The second-order valence-corrected chi connectivity index (χ2v) is 8.25. The molecule has 31 heavy (non-hydrogen) atoms. The van der Waals surface area contributed by atoms with Gasteiger partial charge in [-0.3, -0.25) is 9.36 Å². The first-order valence-electron chi connectivity index (χ1n) is 10.5. The first-order valence-corrected chi connectivity index (χ1v) is 10.5. The maximum Gasteiger partial charge on any atom is 0.305 e. The number of hydrogen-bond donors (Lipinski definition) is 1. The number of esters is 1. The minimum absolute atomic E-state index is 0.248. The Bertz CT molecular complexity index is 943. The largest absolute Gasteiger partial charge is 0.463 e. The molecule has 0 aromatic carbocycles. The average Bonchev–Trinajstić information content (AvgIpc) is 3.24. The lowest BCUT2D eigenvalue weighted by molar-refractivity contribution is -0.153. The molecule has 4 atom stereocenters. The van der Waals surface area contributed by atoms with E-state index in [0.717, 1.165) is 0 Å². The zero-order chi connectivity index (χ0) is 22.2. The Labute approximate surface area is 179 Å². The molecule has 0 bridgehead atoms. The second-order valence-electron chi connectivity index (χ2n) is 8.25. The van der Waals surface area contributed by atoms with Gasteiger partial charge in [0.15, 0.2) is 28.9 Å². The van der Waals surface area contributed by atoms with E-state index in [0.29, 0.717) is 49.7 Å². The summed E-state index contributed by atoms with van der Waals surface area (Å²) in [5.41, 5.74) is -3.20. The summed E-state index contributed by atoms with van der Waals surface area (Å²) in [6, 6.07) is 0. The monoisotopic (exact) mass is 437 g/mol. The molecule has 2 fully saturated rings. The van der Waals surface area contributed by atoms with Crippen LogP contribution >= 0.6 is 0 Å². The molecule has 4 rings (SSSR count). The van der Waals surface area contributed by atoms with Crippen LogP contribution in [0.25, 0.3) is 11.2 Å². The number of imidazole rings is 1. The third-order valence-electron chi connectivity index (χ3n) is 6.13. The molecule has 2 aliphatic rings. The lowest BCUT2D eigenvalue weighted by Gasteiger charge is -2.33. The van der Waals surface area contributed by atoms with Crippen molar-refractivity contribution in [2.24, 2.45) is 0 Å². The normalized spacial score (nSPS) is 31.3. The number of nitrogens with zero attached hydrogens (tertiary/aromatic N) is 5. The van der Waals surface area contributed by atoms with Gasteiger partial charge >= 0.3 is 5.97 Å². The predicted molar refractivity (Wildman–Crippen MR) is 108 cm³/mol. The first-order chi connectivity index (χ1) is 14.8. The Hall–Kier alpha value is -2.37. The number of aliphatic hydroxyl groups is 1. The van der Waals surface area contributed by atoms with Crippen molar-refractivity contribution in [1.82, 2.24) is 19.5 Å². The van der Waals surface area contributed by atoms with Crippen LogP contribution in [-0.2, 0) is 19.0 Å². The number of hydrogen-bond acceptors (Lipinski definition) is 9. The van der Waals surface area contributed by atoms with Gasteiger partial charge in [0.05, 0.1) is 19.5 Å². The number of morpholine rings is 1. The molecule has 2 aromatic rings. The van der Waals surface area contributed by atoms with Gasteiger partial charge in [-0.1, -0.05) is 6.92 Å². The SMILES string of the molecule is CCCC(=O)OC[C@H]1OC(n2cnc3c(N4CCOCC4)ncnc32)[C@](C)(F)C1(C)O. The third kappa shape index (κ3) is 3.74. The molecule has 2 unspecified atom stereocenters. The summed E-state index contributed by atoms with van der Waals surface area (Å²) >= 11 is 0. The highest BCUT2D eigenvalue weighted by atomic mass is 19.1. The molecule has 0 spiro atoms. The lowest BCUT2D eigenvalue weighted by Crippen LogP contribution is -2.52. The highest BCUT2D eigenvalue weighted by Gasteiger charge is 2.63. The van der Waals surface area contributed by atoms with E-state index in [-0.39, 0.29) is 13.0 Å². The van der Waals surface area contributed by atoms with Gasteiger partial charge in [0.25, 0.3) is 0 Å². The smallest absolute Gasteiger partial charge is 0.305 e. The molecule has 2 saturated heterocycles. The van der Waals surface area contributed by atoms with Crippen molar-refractivity contribution in [2.75, 3.05) is 37.8 Å². The fourth-order valence-corrected chi connectivity index (χ4v) is 3.97. The fourth-order valence-electron chi connectivity index (χ4n) is 3.97. The van der Waals surface area contributed by atoms with Gasteiger partial charge in [-0.2, -0.15) is 0 Å². The van der Waals surface area contributed by atoms with Crippen LogP contribution in [0.5, 0.6) is 0 Å². The van der Waals surface area contributed by atoms with E-state index in [1.165, 1.54) is 31.1 Å². The van der Waals surface area contributed by atoms with Crippen molar-refractivity contribution in [1.29, 1.82) is 0 Å². The minimum atomic E-state index is -2.20. The summed E-state index contributed by atoms with van der Waals surface area (Å²) in [5, 5.41) is 10.9. The van der Waals surface area contributed by atoms with Crippen LogP contribution < -0.4 is 4.90 Å². The summed E-state index contributed by atoms with van der Waals surface area (Å²) in [7, 11) is 0. The number of alkyl halides is 1. The van der Waals surface area contributed by atoms with Crippen LogP contribution in [-0.4, -0.2) is 80.9 Å². The van der Waals surface area contributed by atoms with Crippen LogP contribution in [0.15, 0.2) is 12.7 Å². The minimum Gasteiger partial charge on any atom is -0.463 e. The zero-order valence-electron chi connectivity index (χ0n) is 18.0. The van der Waals surface area contributed by atoms with Crippen LogP contribution in [0.2, 0.25) is 0 Å². The molecular weight excluding hydrogens is 409 g/mol. The number of aromatic nitrogens is 4. The van der Waals surface area contributed by atoms with Gasteiger partial charge in [-0.05, 0) is 20.3 Å². The van der Waals surface area contributed by atoms with Gasteiger partial charge < -0.3 is 24.2 Å². The van der Waals surface area contributed by atoms with Crippen molar-refractivity contribution in [3.8, 4) is 0 Å². The van der Waals surface area contributed by atoms with Gasteiger partial charge in [-0.25, -0.2) is 19.3 Å². The number of rotatable bonds is 6. The van der Waals surface area contributed by atoms with E-state index in [1.54, 1.807) is 0 Å². The summed E-state index contributed by atoms with van der Waals surface area (Å²) in [5.74, 6) is 0.226. The number of ether oxygens (including phenoxy) is 3. The van der Waals surface area contributed by atoms with Crippen molar-refractivity contribution in [2.45, 2.75) is 57.2 Å². The Morgan fingerprint density at radius 3 is 2.77 bits per heavy atom. The van der Waals surface area contributed by atoms with E-state index in [2.05, 4.69) is 15.0 Å². The molecule has 10 nitrogen and oxygen atoms in total. The molecule has 1 N–H and O–H groups in total. The van der Waals surface area contributed by atoms with E-state index < -0.39 is 29.6 Å². The predicted octanol–water partition coefficient (Wildman–Crippen LogP) is 1.38. The molecule has 0 aliphatic carbocycles. The Morgan fingerprint density at radius 2 is 2.06 bits per heavy atom.